The first-order chi connectivity index (χ1) is 15.6. The Balaban J connectivity index is 1.37. The third-order valence-corrected chi connectivity index (χ3v) is 7.42. The molecule has 0 spiro atoms. The number of piperidine rings is 1. The first kappa shape index (κ1) is 21.4. The van der Waals surface area contributed by atoms with Crippen LogP contribution < -0.4 is 4.90 Å². The minimum atomic E-state index is 0.388. The van der Waals surface area contributed by atoms with Gasteiger partial charge >= 0.3 is 0 Å². The van der Waals surface area contributed by atoms with E-state index in [0.717, 1.165) is 43.9 Å². The Morgan fingerprint density at radius 1 is 1.06 bits per heavy atom. The van der Waals surface area contributed by atoms with Crippen molar-refractivity contribution in [3.63, 3.8) is 0 Å². The van der Waals surface area contributed by atoms with Crippen LogP contribution in [0, 0.1) is 0 Å². The first-order valence-corrected chi connectivity index (χ1v) is 12.2. The predicted octanol–water partition coefficient (Wildman–Crippen LogP) is 4.16. The highest BCUT2D eigenvalue weighted by Gasteiger charge is 2.27. The molecule has 0 saturated carbocycles. The zero-order valence-corrected chi connectivity index (χ0v) is 19.7. The summed E-state index contributed by atoms with van der Waals surface area (Å²) in [6, 6.07) is 11.9. The molecule has 5 rings (SSSR count). The van der Waals surface area contributed by atoms with Crippen LogP contribution in [0.4, 0.5) is 5.82 Å². The van der Waals surface area contributed by atoms with E-state index >= 15 is 0 Å². The maximum atomic E-state index is 5.02. The van der Waals surface area contributed by atoms with Crippen molar-refractivity contribution in [3.8, 4) is 0 Å². The second-order valence-electron chi connectivity index (χ2n) is 9.55. The van der Waals surface area contributed by atoms with Gasteiger partial charge in [0.05, 0.1) is 17.4 Å². The Morgan fingerprint density at radius 3 is 2.69 bits per heavy atom. The number of fused-ring (bicyclic) bond motifs is 2. The molecular weight excluding hydrogens is 396 g/mol. The van der Waals surface area contributed by atoms with Crippen molar-refractivity contribution in [2.45, 2.75) is 57.7 Å². The normalized spacial score (nSPS) is 19.8. The van der Waals surface area contributed by atoms with Crippen molar-refractivity contribution in [1.82, 2.24) is 24.2 Å². The van der Waals surface area contributed by atoms with Crippen molar-refractivity contribution in [2.75, 3.05) is 38.6 Å². The zero-order valence-electron chi connectivity index (χ0n) is 19.7. The summed E-state index contributed by atoms with van der Waals surface area (Å²) in [5.41, 5.74) is 4.88. The SMILES string of the molecule is CCN(Cc1cn2c(N3CCC(N(C)C)CC3)cccc2n1)C1CCCc2cccnc21. The van der Waals surface area contributed by atoms with E-state index in [1.807, 2.05) is 6.20 Å². The fourth-order valence-corrected chi connectivity index (χ4v) is 5.58. The standard InChI is InChI=1S/C26H36N6/c1-4-30(23-10-5-8-20-9-7-15-27-26(20)23)18-21-19-32-24(28-21)11-6-12-25(32)31-16-13-22(14-17-31)29(2)3/h6-7,9,11-12,15,19,22-23H,4-5,8,10,13-14,16-18H2,1-3H3. The van der Waals surface area contributed by atoms with E-state index in [-0.39, 0.29) is 0 Å². The van der Waals surface area contributed by atoms with Gasteiger partial charge in [0.1, 0.15) is 11.5 Å². The molecule has 1 atom stereocenters. The van der Waals surface area contributed by atoms with Gasteiger partial charge in [0, 0.05) is 38.1 Å². The Kier molecular flexibility index (Phi) is 6.15. The smallest absolute Gasteiger partial charge is 0.138 e. The van der Waals surface area contributed by atoms with Crippen LogP contribution in [0.1, 0.15) is 55.6 Å². The molecule has 0 bridgehead atoms. The number of aromatic nitrogens is 3. The Morgan fingerprint density at radius 2 is 1.91 bits per heavy atom. The monoisotopic (exact) mass is 432 g/mol. The van der Waals surface area contributed by atoms with Gasteiger partial charge in [-0.1, -0.05) is 19.1 Å². The third kappa shape index (κ3) is 4.14. The van der Waals surface area contributed by atoms with Crippen LogP contribution in [-0.4, -0.2) is 63.9 Å². The average molecular weight is 433 g/mol. The van der Waals surface area contributed by atoms with Gasteiger partial charge in [0.15, 0.2) is 0 Å². The number of hydrogen-bond donors (Lipinski definition) is 0. The van der Waals surface area contributed by atoms with E-state index < -0.39 is 0 Å². The van der Waals surface area contributed by atoms with Gasteiger partial charge in [0.25, 0.3) is 0 Å². The van der Waals surface area contributed by atoms with Gasteiger partial charge in [-0.15, -0.1) is 0 Å². The minimum absolute atomic E-state index is 0.388. The van der Waals surface area contributed by atoms with Crippen LogP contribution in [0.2, 0.25) is 0 Å². The molecule has 1 aliphatic carbocycles. The highest BCUT2D eigenvalue weighted by atomic mass is 15.3. The molecule has 3 aromatic heterocycles. The summed E-state index contributed by atoms with van der Waals surface area (Å²) in [6.45, 7) is 6.32. The summed E-state index contributed by atoms with van der Waals surface area (Å²) < 4.78 is 2.30. The maximum absolute atomic E-state index is 5.02. The summed E-state index contributed by atoms with van der Waals surface area (Å²) in [6.07, 6.45) is 10.2. The van der Waals surface area contributed by atoms with Gasteiger partial charge in [-0.25, -0.2) is 4.98 Å². The molecule has 32 heavy (non-hydrogen) atoms. The Bertz CT molecular complexity index is 1050. The molecule has 0 amide bonds. The van der Waals surface area contributed by atoms with E-state index in [4.69, 9.17) is 9.97 Å². The predicted molar refractivity (Wildman–Crippen MR) is 130 cm³/mol. The zero-order chi connectivity index (χ0) is 22.1. The lowest BCUT2D eigenvalue weighted by Crippen LogP contribution is -2.42. The summed E-state index contributed by atoms with van der Waals surface area (Å²) in [7, 11) is 4.39. The molecule has 170 valence electrons. The number of rotatable bonds is 6. The molecule has 6 heteroatoms. The summed E-state index contributed by atoms with van der Waals surface area (Å²) in [5.74, 6) is 1.27. The fraction of sp³-hybridized carbons (Fsp3) is 0.538. The molecule has 4 heterocycles. The lowest BCUT2D eigenvalue weighted by Gasteiger charge is -2.36. The lowest BCUT2D eigenvalue weighted by molar-refractivity contribution is 0.173. The quantitative estimate of drug-likeness (QED) is 0.585. The summed E-state index contributed by atoms with van der Waals surface area (Å²) in [4.78, 5) is 17.2. The van der Waals surface area contributed by atoms with Crippen LogP contribution in [0.5, 0.6) is 0 Å². The van der Waals surface area contributed by atoms with Gasteiger partial charge in [-0.3, -0.25) is 14.3 Å². The van der Waals surface area contributed by atoms with Gasteiger partial charge < -0.3 is 9.80 Å². The topological polar surface area (TPSA) is 39.9 Å². The molecule has 2 aliphatic rings. The molecular formula is C26H36N6. The average Bonchev–Trinajstić information content (AvgIpc) is 3.25. The number of nitrogens with zero attached hydrogens (tertiary/aromatic N) is 6. The molecule has 1 saturated heterocycles. The van der Waals surface area contributed by atoms with Gasteiger partial charge in [-0.05, 0) is 76.5 Å². The molecule has 1 unspecified atom stereocenters. The molecule has 3 aromatic rings. The van der Waals surface area contributed by atoms with Gasteiger partial charge in [0.2, 0.25) is 0 Å². The highest BCUT2D eigenvalue weighted by Crippen LogP contribution is 2.33. The molecule has 0 aromatic carbocycles. The summed E-state index contributed by atoms with van der Waals surface area (Å²) >= 11 is 0. The first-order valence-electron chi connectivity index (χ1n) is 12.2. The number of aryl methyl sites for hydroxylation is 1. The van der Waals surface area contributed by atoms with E-state index in [9.17, 15) is 0 Å². The van der Waals surface area contributed by atoms with Crippen molar-refractivity contribution in [2.24, 2.45) is 0 Å². The van der Waals surface area contributed by atoms with E-state index in [1.54, 1.807) is 0 Å². The second kappa shape index (κ2) is 9.20. The van der Waals surface area contributed by atoms with Crippen LogP contribution >= 0.6 is 0 Å². The van der Waals surface area contributed by atoms with Crippen molar-refractivity contribution < 1.29 is 0 Å². The molecule has 1 fully saturated rings. The van der Waals surface area contributed by atoms with E-state index in [1.165, 1.54) is 42.8 Å². The van der Waals surface area contributed by atoms with Crippen molar-refractivity contribution in [1.29, 1.82) is 0 Å². The van der Waals surface area contributed by atoms with Gasteiger partial charge in [-0.2, -0.15) is 0 Å². The van der Waals surface area contributed by atoms with Crippen LogP contribution in [-0.2, 0) is 13.0 Å². The number of anilines is 1. The molecule has 0 radical (unpaired) electrons. The molecule has 6 nitrogen and oxygen atoms in total. The molecule has 1 aliphatic heterocycles. The minimum Gasteiger partial charge on any atom is -0.358 e. The second-order valence-corrected chi connectivity index (χ2v) is 9.55. The fourth-order valence-electron chi connectivity index (χ4n) is 5.58. The number of pyridine rings is 2. The number of imidazole rings is 1. The lowest BCUT2D eigenvalue weighted by atomic mass is 9.91. The Hall–Kier alpha value is -2.44. The van der Waals surface area contributed by atoms with Crippen LogP contribution in [0.3, 0.4) is 0 Å². The molecule has 0 N–H and O–H groups in total. The maximum Gasteiger partial charge on any atom is 0.138 e. The van der Waals surface area contributed by atoms with E-state index in [2.05, 4.69) is 76.6 Å². The number of hydrogen-bond acceptors (Lipinski definition) is 5. The van der Waals surface area contributed by atoms with Crippen LogP contribution in [0.25, 0.3) is 5.65 Å². The summed E-state index contributed by atoms with van der Waals surface area (Å²) in [5, 5.41) is 0. The van der Waals surface area contributed by atoms with Crippen molar-refractivity contribution in [3.05, 3.63) is 59.7 Å². The van der Waals surface area contributed by atoms with E-state index in [0.29, 0.717) is 12.1 Å². The highest BCUT2D eigenvalue weighted by molar-refractivity contribution is 5.53. The third-order valence-electron chi connectivity index (χ3n) is 7.42. The Labute approximate surface area is 191 Å². The largest absolute Gasteiger partial charge is 0.358 e. The van der Waals surface area contributed by atoms with Crippen LogP contribution in [0.15, 0.2) is 42.7 Å². The van der Waals surface area contributed by atoms with Crippen molar-refractivity contribution >= 4 is 11.5 Å².